The van der Waals surface area contributed by atoms with Crippen LogP contribution in [-0.4, -0.2) is 45.7 Å². The third-order valence-electron chi connectivity index (χ3n) is 3.55. The Morgan fingerprint density at radius 3 is 2.55 bits per heavy atom. The average molecular weight is 331 g/mol. The maximum atomic E-state index is 12.7. The fourth-order valence-electron chi connectivity index (χ4n) is 2.60. The molecule has 1 aliphatic rings. The van der Waals surface area contributed by atoms with Crippen LogP contribution in [0.4, 0.5) is 3.89 Å². The average Bonchev–Trinajstić information content (AvgIpc) is 2.76. The number of amides is 1. The van der Waals surface area contributed by atoms with Crippen molar-refractivity contribution in [2.75, 3.05) is 26.5 Å². The Morgan fingerprint density at radius 2 is 1.95 bits per heavy atom. The number of carbonyl (C=O) groups is 1. The summed E-state index contributed by atoms with van der Waals surface area (Å²) in [5.41, 5.74) is 0.828. The van der Waals surface area contributed by atoms with Gasteiger partial charge in [0, 0.05) is 25.4 Å². The minimum Gasteiger partial charge on any atom is -0.493 e. The standard InChI is InChI=1S/C14H18FNO5S/c1-20-12-4-3-10(5-13(12)21-2)7-16-8-11(6-14(16)17)9-22(15,18)19/h3-5,11H,6-9H2,1-2H3. The van der Waals surface area contributed by atoms with Gasteiger partial charge in [0.25, 0.3) is 0 Å². The molecule has 8 heteroatoms. The molecule has 2 rings (SSSR count). The second-order valence-corrected chi connectivity index (χ2v) is 6.65. The van der Waals surface area contributed by atoms with E-state index in [0.717, 1.165) is 5.56 Å². The highest BCUT2D eigenvalue weighted by atomic mass is 32.3. The minimum atomic E-state index is -4.56. The van der Waals surface area contributed by atoms with Gasteiger partial charge in [-0.05, 0) is 17.7 Å². The zero-order valence-electron chi connectivity index (χ0n) is 12.4. The summed E-state index contributed by atoms with van der Waals surface area (Å²) in [7, 11) is -1.51. The summed E-state index contributed by atoms with van der Waals surface area (Å²) in [6.45, 7) is 0.554. The summed E-state index contributed by atoms with van der Waals surface area (Å²) < 4.78 is 44.4. The molecule has 1 aromatic rings. The fraction of sp³-hybridized carbons (Fsp3) is 0.500. The van der Waals surface area contributed by atoms with Crippen molar-refractivity contribution < 1.29 is 26.6 Å². The summed E-state index contributed by atoms with van der Waals surface area (Å²) in [5, 5.41) is 0. The maximum Gasteiger partial charge on any atom is 0.302 e. The summed E-state index contributed by atoms with van der Waals surface area (Å²) >= 11 is 0. The van der Waals surface area contributed by atoms with Crippen molar-refractivity contribution in [3.05, 3.63) is 23.8 Å². The first kappa shape index (κ1) is 16.5. The second-order valence-electron chi connectivity index (χ2n) is 5.24. The van der Waals surface area contributed by atoms with E-state index in [4.69, 9.17) is 9.47 Å². The second kappa shape index (κ2) is 6.51. The van der Waals surface area contributed by atoms with Gasteiger partial charge in [-0.1, -0.05) is 6.07 Å². The molecule has 0 bridgehead atoms. The molecule has 0 N–H and O–H groups in total. The van der Waals surface area contributed by atoms with Gasteiger partial charge < -0.3 is 14.4 Å². The van der Waals surface area contributed by atoms with Crippen LogP contribution in [0.15, 0.2) is 18.2 Å². The van der Waals surface area contributed by atoms with Gasteiger partial charge in [0.05, 0.1) is 20.0 Å². The van der Waals surface area contributed by atoms with Gasteiger partial charge >= 0.3 is 10.2 Å². The lowest BCUT2D eigenvalue weighted by molar-refractivity contribution is -0.128. The van der Waals surface area contributed by atoms with Crippen LogP contribution < -0.4 is 9.47 Å². The number of nitrogens with zero attached hydrogens (tertiary/aromatic N) is 1. The van der Waals surface area contributed by atoms with Crippen LogP contribution in [0.2, 0.25) is 0 Å². The molecular weight excluding hydrogens is 313 g/mol. The number of halogens is 1. The van der Waals surface area contributed by atoms with Crippen LogP contribution in [0.5, 0.6) is 11.5 Å². The number of methoxy groups -OCH3 is 2. The summed E-state index contributed by atoms with van der Waals surface area (Å²) in [4.78, 5) is 13.4. The normalized spacial score (nSPS) is 18.6. The van der Waals surface area contributed by atoms with Gasteiger partial charge in [-0.25, -0.2) is 0 Å². The molecule has 1 heterocycles. The largest absolute Gasteiger partial charge is 0.493 e. The Labute approximate surface area is 129 Å². The molecule has 0 spiro atoms. The smallest absolute Gasteiger partial charge is 0.302 e. The molecular formula is C14H18FNO5S. The van der Waals surface area contributed by atoms with E-state index < -0.39 is 21.9 Å². The Balaban J connectivity index is 2.06. The van der Waals surface area contributed by atoms with E-state index in [0.29, 0.717) is 18.0 Å². The number of benzene rings is 1. The van der Waals surface area contributed by atoms with E-state index in [1.54, 1.807) is 18.2 Å². The highest BCUT2D eigenvalue weighted by molar-refractivity contribution is 7.86. The number of ether oxygens (including phenoxy) is 2. The lowest BCUT2D eigenvalue weighted by atomic mass is 10.1. The third kappa shape index (κ3) is 4.09. The number of hydrogen-bond donors (Lipinski definition) is 0. The Hall–Kier alpha value is -1.83. The SMILES string of the molecule is COc1ccc(CN2CC(CS(=O)(=O)F)CC2=O)cc1OC. The van der Waals surface area contributed by atoms with Crippen molar-refractivity contribution in [3.8, 4) is 11.5 Å². The first-order valence-electron chi connectivity index (χ1n) is 6.73. The van der Waals surface area contributed by atoms with Crippen molar-refractivity contribution in [3.63, 3.8) is 0 Å². The molecule has 1 unspecified atom stereocenters. The van der Waals surface area contributed by atoms with E-state index in [-0.39, 0.29) is 18.9 Å². The molecule has 1 aliphatic heterocycles. The lowest BCUT2D eigenvalue weighted by Gasteiger charge is -2.17. The molecule has 22 heavy (non-hydrogen) atoms. The number of rotatable bonds is 6. The number of likely N-dealkylation sites (tertiary alicyclic amines) is 1. The van der Waals surface area contributed by atoms with Crippen molar-refractivity contribution in [1.82, 2.24) is 4.90 Å². The van der Waals surface area contributed by atoms with E-state index in [1.807, 2.05) is 0 Å². The third-order valence-corrected chi connectivity index (χ3v) is 4.42. The molecule has 1 amide bonds. The fourth-order valence-corrected chi connectivity index (χ4v) is 3.39. The minimum absolute atomic E-state index is 0.0520. The molecule has 122 valence electrons. The first-order chi connectivity index (χ1) is 10.3. The van der Waals surface area contributed by atoms with Crippen molar-refractivity contribution in [2.24, 2.45) is 5.92 Å². The van der Waals surface area contributed by atoms with Gasteiger partial charge in [0.15, 0.2) is 11.5 Å². The number of carbonyl (C=O) groups excluding carboxylic acids is 1. The van der Waals surface area contributed by atoms with E-state index >= 15 is 0 Å². The van der Waals surface area contributed by atoms with Gasteiger partial charge in [-0.3, -0.25) is 4.79 Å². The van der Waals surface area contributed by atoms with Gasteiger partial charge in [-0.2, -0.15) is 8.42 Å². The van der Waals surface area contributed by atoms with Crippen LogP contribution in [0.25, 0.3) is 0 Å². The van der Waals surface area contributed by atoms with E-state index in [9.17, 15) is 17.1 Å². The van der Waals surface area contributed by atoms with Crippen molar-refractivity contribution in [2.45, 2.75) is 13.0 Å². The quantitative estimate of drug-likeness (QED) is 0.736. The molecule has 0 radical (unpaired) electrons. The van der Waals surface area contributed by atoms with Crippen LogP contribution in [0.1, 0.15) is 12.0 Å². The predicted molar refractivity (Wildman–Crippen MR) is 78.0 cm³/mol. The topological polar surface area (TPSA) is 72.9 Å². The van der Waals surface area contributed by atoms with Crippen molar-refractivity contribution >= 4 is 16.1 Å². The first-order valence-corrected chi connectivity index (χ1v) is 8.28. The molecule has 1 fully saturated rings. The molecule has 1 aromatic carbocycles. The number of hydrogen-bond acceptors (Lipinski definition) is 5. The summed E-state index contributed by atoms with van der Waals surface area (Å²) in [5.74, 6) is -0.151. The zero-order chi connectivity index (χ0) is 16.3. The Kier molecular flexibility index (Phi) is 4.90. The highest BCUT2D eigenvalue weighted by Gasteiger charge is 2.32. The van der Waals surface area contributed by atoms with Crippen LogP contribution in [-0.2, 0) is 21.6 Å². The lowest BCUT2D eigenvalue weighted by Crippen LogP contribution is -2.25. The highest BCUT2D eigenvalue weighted by Crippen LogP contribution is 2.29. The maximum absolute atomic E-state index is 12.7. The molecule has 0 aliphatic carbocycles. The van der Waals surface area contributed by atoms with E-state index in [1.165, 1.54) is 19.1 Å². The Morgan fingerprint density at radius 1 is 1.27 bits per heavy atom. The molecule has 0 saturated carbocycles. The molecule has 1 saturated heterocycles. The molecule has 6 nitrogen and oxygen atoms in total. The van der Waals surface area contributed by atoms with E-state index in [2.05, 4.69) is 0 Å². The Bertz CT molecular complexity index is 661. The zero-order valence-corrected chi connectivity index (χ0v) is 13.2. The van der Waals surface area contributed by atoms with Crippen LogP contribution in [0.3, 0.4) is 0 Å². The molecule has 1 atom stereocenters. The summed E-state index contributed by atoms with van der Waals surface area (Å²) in [6.07, 6.45) is 0.0520. The monoisotopic (exact) mass is 331 g/mol. The predicted octanol–water partition coefficient (Wildman–Crippen LogP) is 1.35. The van der Waals surface area contributed by atoms with Crippen LogP contribution in [0, 0.1) is 5.92 Å². The van der Waals surface area contributed by atoms with Gasteiger partial charge in [0.2, 0.25) is 5.91 Å². The van der Waals surface area contributed by atoms with Crippen molar-refractivity contribution in [1.29, 1.82) is 0 Å². The van der Waals surface area contributed by atoms with Gasteiger partial charge in [-0.15, -0.1) is 3.89 Å². The summed E-state index contributed by atoms with van der Waals surface area (Å²) in [6, 6.07) is 5.29. The van der Waals surface area contributed by atoms with Gasteiger partial charge in [0.1, 0.15) is 0 Å². The molecule has 0 aromatic heterocycles. The van der Waals surface area contributed by atoms with Crippen LogP contribution >= 0.6 is 0 Å².